The molecule has 1 heterocycles. The standard InChI is InChI=1S/C13H12F3N3O2/c1-2-21-10(20)7-17-11-8-5-3-4-6-9(8)18-12(19-11)13(14,15)16/h3-6H,2,7H2,1H3,(H,17,18,19). The van der Waals surface area contributed by atoms with Crippen LogP contribution in [0.4, 0.5) is 19.0 Å². The molecule has 0 aliphatic carbocycles. The Balaban J connectivity index is 2.38. The fourth-order valence-electron chi connectivity index (χ4n) is 1.71. The van der Waals surface area contributed by atoms with E-state index in [1.54, 1.807) is 25.1 Å². The summed E-state index contributed by atoms with van der Waals surface area (Å²) in [7, 11) is 0. The molecule has 0 atom stereocenters. The fraction of sp³-hybridized carbons (Fsp3) is 0.308. The van der Waals surface area contributed by atoms with Crippen molar-refractivity contribution < 1.29 is 22.7 Å². The van der Waals surface area contributed by atoms with E-state index in [4.69, 9.17) is 4.74 Å². The zero-order valence-corrected chi connectivity index (χ0v) is 11.1. The quantitative estimate of drug-likeness (QED) is 0.879. The summed E-state index contributed by atoms with van der Waals surface area (Å²) < 4.78 is 43.0. The van der Waals surface area contributed by atoms with Crippen LogP contribution < -0.4 is 5.32 Å². The van der Waals surface area contributed by atoms with Crippen LogP contribution in [0.2, 0.25) is 0 Å². The van der Waals surface area contributed by atoms with E-state index < -0.39 is 18.0 Å². The van der Waals surface area contributed by atoms with Gasteiger partial charge in [0, 0.05) is 5.39 Å². The first kappa shape index (κ1) is 15.0. The molecule has 112 valence electrons. The molecule has 1 aromatic heterocycles. The summed E-state index contributed by atoms with van der Waals surface area (Å²) in [6.07, 6.45) is -4.66. The number of para-hydroxylation sites is 1. The van der Waals surface area contributed by atoms with E-state index >= 15 is 0 Å². The molecule has 0 bridgehead atoms. The van der Waals surface area contributed by atoms with Gasteiger partial charge in [0.05, 0.1) is 12.1 Å². The monoisotopic (exact) mass is 299 g/mol. The topological polar surface area (TPSA) is 64.1 Å². The number of rotatable bonds is 4. The SMILES string of the molecule is CCOC(=O)CNc1nc(C(F)(F)F)nc2ccccc12. The van der Waals surface area contributed by atoms with Gasteiger partial charge in [-0.1, -0.05) is 12.1 Å². The van der Waals surface area contributed by atoms with Crippen molar-refractivity contribution in [3.05, 3.63) is 30.1 Å². The number of hydrogen-bond donors (Lipinski definition) is 1. The van der Waals surface area contributed by atoms with Crippen LogP contribution in [-0.2, 0) is 15.7 Å². The Morgan fingerprint density at radius 2 is 2.00 bits per heavy atom. The minimum Gasteiger partial charge on any atom is -0.465 e. The summed E-state index contributed by atoms with van der Waals surface area (Å²) in [6.45, 7) is 1.56. The van der Waals surface area contributed by atoms with Crippen LogP contribution in [0, 0.1) is 0 Å². The predicted octanol–water partition coefficient (Wildman–Crippen LogP) is 2.62. The molecule has 21 heavy (non-hydrogen) atoms. The zero-order chi connectivity index (χ0) is 15.5. The number of benzene rings is 1. The highest BCUT2D eigenvalue weighted by Gasteiger charge is 2.35. The first-order valence-corrected chi connectivity index (χ1v) is 6.15. The molecule has 2 aromatic rings. The number of esters is 1. The molecule has 5 nitrogen and oxygen atoms in total. The average Bonchev–Trinajstić information content (AvgIpc) is 2.44. The normalized spacial score (nSPS) is 11.4. The van der Waals surface area contributed by atoms with Crippen molar-refractivity contribution in [1.29, 1.82) is 0 Å². The number of hydrogen-bond acceptors (Lipinski definition) is 5. The Labute approximate surface area is 118 Å². The largest absolute Gasteiger partial charge is 0.465 e. The predicted molar refractivity (Wildman–Crippen MR) is 69.7 cm³/mol. The van der Waals surface area contributed by atoms with Crippen molar-refractivity contribution in [2.45, 2.75) is 13.1 Å². The van der Waals surface area contributed by atoms with Crippen molar-refractivity contribution in [1.82, 2.24) is 9.97 Å². The highest BCUT2D eigenvalue weighted by atomic mass is 19.4. The Bertz CT molecular complexity index is 659. The molecule has 1 aromatic carbocycles. The average molecular weight is 299 g/mol. The van der Waals surface area contributed by atoms with Gasteiger partial charge in [0.25, 0.3) is 0 Å². The molecule has 1 N–H and O–H groups in total. The van der Waals surface area contributed by atoms with Gasteiger partial charge in [0.2, 0.25) is 5.82 Å². The molecule has 0 saturated carbocycles. The molecule has 0 aliphatic heterocycles. The Morgan fingerprint density at radius 3 is 2.67 bits per heavy atom. The summed E-state index contributed by atoms with van der Waals surface area (Å²) >= 11 is 0. The highest BCUT2D eigenvalue weighted by Crippen LogP contribution is 2.30. The number of carbonyl (C=O) groups is 1. The lowest BCUT2D eigenvalue weighted by molar-refractivity contribution is -0.144. The maximum absolute atomic E-state index is 12.8. The van der Waals surface area contributed by atoms with Crippen LogP contribution in [-0.4, -0.2) is 29.1 Å². The fourth-order valence-corrected chi connectivity index (χ4v) is 1.71. The lowest BCUT2D eigenvalue weighted by Crippen LogP contribution is -2.19. The molecule has 2 rings (SSSR count). The van der Waals surface area contributed by atoms with Gasteiger partial charge in [0.15, 0.2) is 0 Å². The van der Waals surface area contributed by atoms with E-state index in [1.807, 2.05) is 0 Å². The zero-order valence-electron chi connectivity index (χ0n) is 11.1. The van der Waals surface area contributed by atoms with Crippen LogP contribution >= 0.6 is 0 Å². The summed E-state index contributed by atoms with van der Waals surface area (Å²) in [5.41, 5.74) is 0.145. The number of aromatic nitrogens is 2. The lowest BCUT2D eigenvalue weighted by Gasteiger charge is -2.11. The van der Waals surface area contributed by atoms with E-state index in [0.29, 0.717) is 5.39 Å². The molecular weight excluding hydrogens is 287 g/mol. The molecule has 0 aliphatic rings. The van der Waals surface area contributed by atoms with E-state index in [0.717, 1.165) is 0 Å². The molecular formula is C13H12F3N3O2. The van der Waals surface area contributed by atoms with Gasteiger partial charge >= 0.3 is 12.1 Å². The second-order valence-corrected chi connectivity index (χ2v) is 4.07. The number of nitrogens with zero attached hydrogens (tertiary/aromatic N) is 2. The first-order valence-electron chi connectivity index (χ1n) is 6.15. The van der Waals surface area contributed by atoms with Crippen molar-refractivity contribution in [3.63, 3.8) is 0 Å². The van der Waals surface area contributed by atoms with Crippen LogP contribution in [0.1, 0.15) is 12.7 Å². The van der Waals surface area contributed by atoms with Crippen LogP contribution in [0.3, 0.4) is 0 Å². The summed E-state index contributed by atoms with van der Waals surface area (Å²) in [4.78, 5) is 18.2. The number of halogens is 3. The summed E-state index contributed by atoms with van der Waals surface area (Å²) in [5.74, 6) is -1.89. The molecule has 0 amide bonds. The van der Waals surface area contributed by atoms with E-state index in [9.17, 15) is 18.0 Å². The van der Waals surface area contributed by atoms with E-state index in [-0.39, 0.29) is 24.5 Å². The molecule has 0 radical (unpaired) electrons. The minimum absolute atomic E-state index is 0.0546. The van der Waals surface area contributed by atoms with Crippen LogP contribution in [0.15, 0.2) is 24.3 Å². The summed E-state index contributed by atoms with van der Waals surface area (Å²) in [5, 5.41) is 2.96. The Kier molecular flexibility index (Phi) is 4.25. The second-order valence-electron chi connectivity index (χ2n) is 4.07. The smallest absolute Gasteiger partial charge is 0.451 e. The van der Waals surface area contributed by atoms with Crippen molar-refractivity contribution >= 4 is 22.7 Å². The molecule has 0 unspecified atom stereocenters. The number of fused-ring (bicyclic) bond motifs is 1. The number of carbonyl (C=O) groups excluding carboxylic acids is 1. The van der Waals surface area contributed by atoms with Crippen molar-refractivity contribution in [3.8, 4) is 0 Å². The van der Waals surface area contributed by atoms with E-state index in [1.165, 1.54) is 6.07 Å². The van der Waals surface area contributed by atoms with Gasteiger partial charge < -0.3 is 10.1 Å². The van der Waals surface area contributed by atoms with Crippen LogP contribution in [0.5, 0.6) is 0 Å². The third-order valence-electron chi connectivity index (χ3n) is 2.56. The number of ether oxygens (including phenoxy) is 1. The van der Waals surface area contributed by atoms with Gasteiger partial charge in [-0.25, -0.2) is 9.97 Å². The maximum Gasteiger partial charge on any atom is 0.451 e. The number of nitrogens with one attached hydrogen (secondary N) is 1. The number of alkyl halides is 3. The third kappa shape index (κ3) is 3.59. The van der Waals surface area contributed by atoms with Crippen molar-refractivity contribution in [2.75, 3.05) is 18.5 Å². The van der Waals surface area contributed by atoms with Gasteiger partial charge in [-0.15, -0.1) is 0 Å². The van der Waals surface area contributed by atoms with Crippen LogP contribution in [0.25, 0.3) is 10.9 Å². The van der Waals surface area contributed by atoms with Gasteiger partial charge in [-0.05, 0) is 19.1 Å². The van der Waals surface area contributed by atoms with Crippen molar-refractivity contribution in [2.24, 2.45) is 0 Å². The summed E-state index contributed by atoms with van der Waals surface area (Å²) in [6, 6.07) is 6.24. The Morgan fingerprint density at radius 1 is 1.29 bits per heavy atom. The van der Waals surface area contributed by atoms with E-state index in [2.05, 4.69) is 15.3 Å². The molecule has 0 saturated heterocycles. The third-order valence-corrected chi connectivity index (χ3v) is 2.56. The molecule has 0 fully saturated rings. The molecule has 8 heteroatoms. The molecule has 0 spiro atoms. The lowest BCUT2D eigenvalue weighted by atomic mass is 10.2. The maximum atomic E-state index is 12.8. The second kappa shape index (κ2) is 5.94. The minimum atomic E-state index is -4.66. The number of anilines is 1. The van der Waals surface area contributed by atoms with Gasteiger partial charge in [-0.2, -0.15) is 13.2 Å². The van der Waals surface area contributed by atoms with Gasteiger partial charge in [-0.3, -0.25) is 4.79 Å². The van der Waals surface area contributed by atoms with Gasteiger partial charge in [0.1, 0.15) is 12.4 Å². The highest BCUT2D eigenvalue weighted by molar-refractivity contribution is 5.90. The Hall–Kier alpha value is -2.38. The first-order chi connectivity index (χ1) is 9.91.